The molecule has 4 nitrogen and oxygen atoms in total. The van der Waals surface area contributed by atoms with Crippen LogP contribution in [-0.4, -0.2) is 25.7 Å². The first-order chi connectivity index (χ1) is 9.25. The van der Waals surface area contributed by atoms with Crippen molar-refractivity contribution < 1.29 is 4.79 Å². The van der Waals surface area contributed by atoms with Crippen molar-refractivity contribution in [3.8, 4) is 0 Å². The number of carbonyl (C=O) groups is 1. The van der Waals surface area contributed by atoms with Gasteiger partial charge < -0.3 is 16.0 Å². The van der Waals surface area contributed by atoms with Gasteiger partial charge in [-0.2, -0.15) is 0 Å². The number of carbonyl (C=O) groups excluding carboxylic acids is 1. The van der Waals surface area contributed by atoms with Gasteiger partial charge in [0.25, 0.3) is 0 Å². The highest BCUT2D eigenvalue weighted by molar-refractivity contribution is 5.74. The number of hydrogen-bond acceptors (Lipinski definition) is 2. The van der Waals surface area contributed by atoms with Gasteiger partial charge in [0.2, 0.25) is 0 Å². The highest BCUT2D eigenvalue weighted by Gasteiger charge is 2.14. The van der Waals surface area contributed by atoms with E-state index in [2.05, 4.69) is 16.0 Å². The van der Waals surface area contributed by atoms with Gasteiger partial charge in [0.15, 0.2) is 0 Å². The fraction of sp³-hybridized carbons (Fsp3) is 0.533. The Morgan fingerprint density at radius 2 is 2.00 bits per heavy atom. The van der Waals surface area contributed by atoms with Crippen LogP contribution in [0.2, 0.25) is 0 Å². The second-order valence-corrected chi connectivity index (χ2v) is 5.18. The van der Waals surface area contributed by atoms with Gasteiger partial charge in [-0.1, -0.05) is 30.3 Å². The van der Waals surface area contributed by atoms with Crippen molar-refractivity contribution in [1.82, 2.24) is 16.0 Å². The standard InChI is InChI=1S/C15H23N3O/c1-12(14-5-3-2-4-6-14)18-15(19)17-11-13-7-9-16-10-8-13/h2-6,12-13,16H,7-11H2,1H3,(H2,17,18,19). The molecule has 1 aliphatic rings. The molecule has 1 unspecified atom stereocenters. The van der Waals surface area contributed by atoms with E-state index in [9.17, 15) is 4.79 Å². The maximum Gasteiger partial charge on any atom is 0.315 e. The van der Waals surface area contributed by atoms with Crippen LogP contribution in [-0.2, 0) is 0 Å². The number of rotatable bonds is 4. The van der Waals surface area contributed by atoms with Gasteiger partial charge in [0.05, 0.1) is 6.04 Å². The minimum Gasteiger partial charge on any atom is -0.338 e. The number of hydrogen-bond donors (Lipinski definition) is 3. The first kappa shape index (κ1) is 13.9. The Kier molecular flexibility index (Phi) is 5.21. The normalized spacial score (nSPS) is 17.7. The number of nitrogens with one attached hydrogen (secondary N) is 3. The summed E-state index contributed by atoms with van der Waals surface area (Å²) < 4.78 is 0. The summed E-state index contributed by atoms with van der Waals surface area (Å²) in [6.07, 6.45) is 2.29. The summed E-state index contributed by atoms with van der Waals surface area (Å²) in [7, 11) is 0. The molecule has 1 saturated heterocycles. The molecule has 104 valence electrons. The third-order valence-corrected chi connectivity index (χ3v) is 3.66. The summed E-state index contributed by atoms with van der Waals surface area (Å²) in [5.74, 6) is 0.610. The van der Waals surface area contributed by atoms with E-state index < -0.39 is 0 Å². The Morgan fingerprint density at radius 1 is 1.32 bits per heavy atom. The summed E-state index contributed by atoms with van der Waals surface area (Å²) in [5, 5.41) is 9.27. The fourth-order valence-corrected chi connectivity index (χ4v) is 2.40. The van der Waals surface area contributed by atoms with Crippen molar-refractivity contribution in [2.24, 2.45) is 5.92 Å². The molecule has 1 atom stereocenters. The van der Waals surface area contributed by atoms with E-state index in [-0.39, 0.29) is 12.1 Å². The molecule has 0 aromatic heterocycles. The average Bonchev–Trinajstić information content (AvgIpc) is 2.47. The van der Waals surface area contributed by atoms with Crippen LogP contribution < -0.4 is 16.0 Å². The van der Waals surface area contributed by atoms with E-state index in [4.69, 9.17) is 0 Å². The molecule has 0 radical (unpaired) electrons. The molecule has 0 spiro atoms. The smallest absolute Gasteiger partial charge is 0.315 e. The van der Waals surface area contributed by atoms with Crippen molar-refractivity contribution in [1.29, 1.82) is 0 Å². The van der Waals surface area contributed by atoms with Crippen molar-refractivity contribution >= 4 is 6.03 Å². The van der Waals surface area contributed by atoms with Crippen molar-refractivity contribution in [2.75, 3.05) is 19.6 Å². The minimum atomic E-state index is -0.0742. The summed E-state index contributed by atoms with van der Waals surface area (Å²) >= 11 is 0. The number of benzene rings is 1. The molecule has 1 aliphatic heterocycles. The van der Waals surface area contributed by atoms with Gasteiger partial charge in [-0.3, -0.25) is 0 Å². The second kappa shape index (κ2) is 7.14. The first-order valence-electron chi connectivity index (χ1n) is 7.05. The van der Waals surface area contributed by atoms with Crippen LogP contribution >= 0.6 is 0 Å². The summed E-state index contributed by atoms with van der Waals surface area (Å²) in [6.45, 7) is 4.90. The largest absolute Gasteiger partial charge is 0.338 e. The van der Waals surface area contributed by atoms with Gasteiger partial charge in [-0.15, -0.1) is 0 Å². The Morgan fingerprint density at radius 3 is 2.68 bits per heavy atom. The SMILES string of the molecule is CC(NC(=O)NCC1CCNCC1)c1ccccc1. The van der Waals surface area contributed by atoms with Gasteiger partial charge >= 0.3 is 6.03 Å². The minimum absolute atomic E-state index is 0.0363. The van der Waals surface area contributed by atoms with Crippen LogP contribution in [0.3, 0.4) is 0 Å². The van der Waals surface area contributed by atoms with E-state index >= 15 is 0 Å². The highest BCUT2D eigenvalue weighted by atomic mass is 16.2. The van der Waals surface area contributed by atoms with Crippen LogP contribution in [0.4, 0.5) is 4.79 Å². The molecule has 1 heterocycles. The van der Waals surface area contributed by atoms with Crippen molar-refractivity contribution in [2.45, 2.75) is 25.8 Å². The van der Waals surface area contributed by atoms with Gasteiger partial charge in [-0.25, -0.2) is 4.79 Å². The summed E-state index contributed by atoms with van der Waals surface area (Å²) in [5.41, 5.74) is 1.12. The van der Waals surface area contributed by atoms with Gasteiger partial charge in [0, 0.05) is 6.54 Å². The Balaban J connectivity index is 1.71. The predicted octanol–water partition coefficient (Wildman–Crippen LogP) is 2.05. The molecule has 19 heavy (non-hydrogen) atoms. The van der Waals surface area contributed by atoms with Crippen LogP contribution in [0, 0.1) is 5.92 Å². The molecule has 2 amide bonds. The summed E-state index contributed by atoms with van der Waals surface area (Å²) in [4.78, 5) is 11.8. The molecule has 3 N–H and O–H groups in total. The Bertz CT molecular complexity index is 388. The van der Waals surface area contributed by atoms with Crippen LogP contribution in [0.15, 0.2) is 30.3 Å². The highest BCUT2D eigenvalue weighted by Crippen LogP contribution is 2.11. The van der Waals surface area contributed by atoms with Crippen LogP contribution in [0.25, 0.3) is 0 Å². The van der Waals surface area contributed by atoms with E-state index in [0.29, 0.717) is 5.92 Å². The Hall–Kier alpha value is -1.55. The quantitative estimate of drug-likeness (QED) is 0.777. The predicted molar refractivity (Wildman–Crippen MR) is 77.0 cm³/mol. The van der Waals surface area contributed by atoms with Crippen LogP contribution in [0.1, 0.15) is 31.4 Å². The molecular formula is C15H23N3O. The molecular weight excluding hydrogens is 238 g/mol. The maximum absolute atomic E-state index is 11.8. The Labute approximate surface area is 115 Å². The molecule has 0 bridgehead atoms. The lowest BCUT2D eigenvalue weighted by molar-refractivity contribution is 0.234. The van der Waals surface area contributed by atoms with E-state index in [0.717, 1.165) is 38.0 Å². The molecule has 0 saturated carbocycles. The number of amides is 2. The number of urea groups is 1. The topological polar surface area (TPSA) is 53.2 Å². The zero-order chi connectivity index (χ0) is 13.5. The monoisotopic (exact) mass is 261 g/mol. The zero-order valence-corrected chi connectivity index (χ0v) is 11.5. The van der Waals surface area contributed by atoms with E-state index in [1.54, 1.807) is 0 Å². The molecule has 4 heteroatoms. The molecule has 1 aromatic rings. The lowest BCUT2D eigenvalue weighted by atomic mass is 9.98. The fourth-order valence-electron chi connectivity index (χ4n) is 2.40. The second-order valence-electron chi connectivity index (χ2n) is 5.18. The maximum atomic E-state index is 11.8. The number of piperidine rings is 1. The zero-order valence-electron chi connectivity index (χ0n) is 11.5. The van der Waals surface area contributed by atoms with Crippen LogP contribution in [0.5, 0.6) is 0 Å². The van der Waals surface area contributed by atoms with E-state index in [1.165, 1.54) is 0 Å². The van der Waals surface area contributed by atoms with Crippen molar-refractivity contribution in [3.05, 3.63) is 35.9 Å². The lowest BCUT2D eigenvalue weighted by Crippen LogP contribution is -2.41. The molecule has 1 aromatic carbocycles. The molecule has 0 aliphatic carbocycles. The lowest BCUT2D eigenvalue weighted by Gasteiger charge is -2.23. The molecule has 2 rings (SSSR count). The van der Waals surface area contributed by atoms with E-state index in [1.807, 2.05) is 37.3 Å². The molecule has 1 fully saturated rings. The third kappa shape index (κ3) is 4.56. The van der Waals surface area contributed by atoms with Gasteiger partial charge in [-0.05, 0) is 44.3 Å². The average molecular weight is 261 g/mol. The first-order valence-corrected chi connectivity index (χ1v) is 7.05. The third-order valence-electron chi connectivity index (χ3n) is 3.66. The van der Waals surface area contributed by atoms with Crippen molar-refractivity contribution in [3.63, 3.8) is 0 Å². The summed E-state index contributed by atoms with van der Waals surface area (Å²) in [6, 6.07) is 9.97. The van der Waals surface area contributed by atoms with Gasteiger partial charge in [0.1, 0.15) is 0 Å².